The van der Waals surface area contributed by atoms with E-state index in [0.717, 1.165) is 12.8 Å². The van der Waals surface area contributed by atoms with Crippen molar-refractivity contribution in [2.45, 2.75) is 24.2 Å². The van der Waals surface area contributed by atoms with E-state index in [1.54, 1.807) is 47.7 Å². The summed E-state index contributed by atoms with van der Waals surface area (Å²) in [5.41, 5.74) is 0.854. The molecule has 146 valence electrons. The Labute approximate surface area is 173 Å². The molecule has 0 aliphatic rings. The summed E-state index contributed by atoms with van der Waals surface area (Å²) in [7, 11) is -3.77. The molecule has 0 aliphatic heterocycles. The Morgan fingerprint density at radius 3 is 2.50 bits per heavy atom. The number of halogens is 1. The molecule has 28 heavy (non-hydrogen) atoms. The number of benzene rings is 2. The van der Waals surface area contributed by atoms with Crippen molar-refractivity contribution < 1.29 is 13.2 Å². The number of aryl methyl sites for hydroxylation is 1. The van der Waals surface area contributed by atoms with Crippen LogP contribution in [0.15, 0.2) is 70.9 Å². The SMILES string of the molecule is O=C(CCCc1cccs1)Nc1cccc(S(=O)(=O)Nc2ccc(Cl)cc2)c1. The molecule has 2 N–H and O–H groups in total. The van der Waals surface area contributed by atoms with E-state index in [1.165, 1.54) is 17.0 Å². The fraction of sp³-hybridized carbons (Fsp3) is 0.150. The zero-order chi connectivity index (χ0) is 20.0. The molecule has 3 rings (SSSR count). The number of thiophene rings is 1. The number of hydrogen-bond donors (Lipinski definition) is 2. The molecule has 0 radical (unpaired) electrons. The largest absolute Gasteiger partial charge is 0.326 e. The standard InChI is InChI=1S/C20H19ClN2O3S2/c21-15-9-11-16(12-10-15)23-28(25,26)19-7-1-4-17(14-19)22-20(24)8-2-5-18-6-3-13-27-18/h1,3-4,6-7,9-14,23H,2,5,8H2,(H,22,24). The monoisotopic (exact) mass is 434 g/mol. The van der Waals surface area contributed by atoms with Gasteiger partial charge in [-0.3, -0.25) is 9.52 Å². The van der Waals surface area contributed by atoms with Crippen molar-refractivity contribution in [1.29, 1.82) is 0 Å². The molecule has 0 saturated carbocycles. The average Bonchev–Trinajstić information content (AvgIpc) is 3.17. The molecule has 5 nitrogen and oxygen atoms in total. The number of nitrogens with one attached hydrogen (secondary N) is 2. The quantitative estimate of drug-likeness (QED) is 0.514. The molecular formula is C20H19ClN2O3S2. The lowest BCUT2D eigenvalue weighted by Gasteiger charge is -2.10. The third-order valence-corrected chi connectivity index (χ3v) is 6.50. The molecule has 0 fully saturated rings. The van der Waals surface area contributed by atoms with Crippen LogP contribution < -0.4 is 10.0 Å². The highest BCUT2D eigenvalue weighted by Crippen LogP contribution is 2.21. The van der Waals surface area contributed by atoms with Gasteiger partial charge in [-0.1, -0.05) is 23.7 Å². The number of hydrogen-bond acceptors (Lipinski definition) is 4. The minimum absolute atomic E-state index is 0.0684. The second-order valence-electron chi connectivity index (χ2n) is 6.12. The highest BCUT2D eigenvalue weighted by atomic mass is 35.5. The van der Waals surface area contributed by atoms with E-state index in [4.69, 9.17) is 11.6 Å². The van der Waals surface area contributed by atoms with Gasteiger partial charge in [0.25, 0.3) is 10.0 Å². The summed E-state index contributed by atoms with van der Waals surface area (Å²) in [5.74, 6) is -0.142. The molecule has 2 aromatic carbocycles. The van der Waals surface area contributed by atoms with Crippen LogP contribution in [0.25, 0.3) is 0 Å². The van der Waals surface area contributed by atoms with E-state index < -0.39 is 10.0 Å². The predicted molar refractivity (Wildman–Crippen MR) is 115 cm³/mol. The Hall–Kier alpha value is -2.35. The van der Waals surface area contributed by atoms with Crippen molar-refractivity contribution in [3.05, 3.63) is 75.9 Å². The Bertz CT molecular complexity index is 1030. The number of rotatable bonds is 8. The maximum Gasteiger partial charge on any atom is 0.261 e. The molecule has 1 aromatic heterocycles. The molecule has 8 heteroatoms. The summed E-state index contributed by atoms with van der Waals surface area (Å²) in [6.45, 7) is 0. The van der Waals surface area contributed by atoms with Gasteiger partial charge in [-0.2, -0.15) is 0 Å². The van der Waals surface area contributed by atoms with Crippen molar-refractivity contribution >= 4 is 50.2 Å². The highest BCUT2D eigenvalue weighted by molar-refractivity contribution is 7.92. The average molecular weight is 435 g/mol. The van der Waals surface area contributed by atoms with E-state index in [2.05, 4.69) is 10.0 Å². The first kappa shape index (κ1) is 20.4. The van der Waals surface area contributed by atoms with Crippen LogP contribution in [0.1, 0.15) is 17.7 Å². The van der Waals surface area contributed by atoms with Crippen LogP contribution in [0.4, 0.5) is 11.4 Å². The number of sulfonamides is 1. The zero-order valence-corrected chi connectivity index (χ0v) is 17.3. The minimum Gasteiger partial charge on any atom is -0.326 e. The van der Waals surface area contributed by atoms with Gasteiger partial charge >= 0.3 is 0 Å². The molecule has 0 saturated heterocycles. The van der Waals surface area contributed by atoms with Gasteiger partial charge in [0.2, 0.25) is 5.91 Å². The van der Waals surface area contributed by atoms with E-state index in [9.17, 15) is 13.2 Å². The summed E-state index contributed by atoms with van der Waals surface area (Å²) >= 11 is 7.49. The summed E-state index contributed by atoms with van der Waals surface area (Å²) < 4.78 is 27.6. The number of amides is 1. The van der Waals surface area contributed by atoms with Crippen LogP contribution in [-0.4, -0.2) is 14.3 Å². The van der Waals surface area contributed by atoms with E-state index in [1.807, 2.05) is 17.5 Å². The van der Waals surface area contributed by atoms with Crippen molar-refractivity contribution in [3.63, 3.8) is 0 Å². The Morgan fingerprint density at radius 2 is 1.79 bits per heavy atom. The second-order valence-corrected chi connectivity index (χ2v) is 9.27. The molecule has 0 bridgehead atoms. The van der Waals surface area contributed by atoms with Gasteiger partial charge < -0.3 is 5.32 Å². The summed E-state index contributed by atoms with van der Waals surface area (Å²) in [6.07, 6.45) is 1.96. The third-order valence-electron chi connectivity index (χ3n) is 3.93. The predicted octanol–water partition coefficient (Wildman–Crippen LogP) is 5.16. The zero-order valence-electron chi connectivity index (χ0n) is 14.9. The van der Waals surface area contributed by atoms with Crippen LogP contribution in [0.2, 0.25) is 5.02 Å². The number of carbonyl (C=O) groups is 1. The first-order valence-corrected chi connectivity index (χ1v) is 11.4. The van der Waals surface area contributed by atoms with Gasteiger partial charge in [-0.15, -0.1) is 11.3 Å². The topological polar surface area (TPSA) is 75.3 Å². The lowest BCUT2D eigenvalue weighted by Crippen LogP contribution is -2.15. The highest BCUT2D eigenvalue weighted by Gasteiger charge is 2.15. The fourth-order valence-electron chi connectivity index (χ4n) is 2.57. The van der Waals surface area contributed by atoms with E-state index in [-0.39, 0.29) is 10.8 Å². The van der Waals surface area contributed by atoms with Gasteiger partial charge in [0, 0.05) is 27.7 Å². The Morgan fingerprint density at radius 1 is 1.00 bits per heavy atom. The Balaban J connectivity index is 1.60. The van der Waals surface area contributed by atoms with Gasteiger partial charge in [0.05, 0.1) is 4.90 Å². The van der Waals surface area contributed by atoms with E-state index >= 15 is 0 Å². The fourth-order valence-corrected chi connectivity index (χ4v) is 4.56. The molecule has 1 heterocycles. The van der Waals surface area contributed by atoms with Crippen LogP contribution >= 0.6 is 22.9 Å². The van der Waals surface area contributed by atoms with Crippen molar-refractivity contribution in [2.24, 2.45) is 0 Å². The van der Waals surface area contributed by atoms with Crippen LogP contribution in [-0.2, 0) is 21.2 Å². The molecule has 0 aliphatic carbocycles. The second kappa shape index (κ2) is 9.23. The van der Waals surface area contributed by atoms with Crippen molar-refractivity contribution in [3.8, 4) is 0 Å². The van der Waals surface area contributed by atoms with E-state index in [0.29, 0.717) is 22.8 Å². The third kappa shape index (κ3) is 5.82. The van der Waals surface area contributed by atoms with Crippen LogP contribution in [0.3, 0.4) is 0 Å². The van der Waals surface area contributed by atoms with Crippen LogP contribution in [0, 0.1) is 0 Å². The van der Waals surface area contributed by atoms with Gasteiger partial charge in [0.1, 0.15) is 0 Å². The summed E-state index contributed by atoms with van der Waals surface area (Å²) in [4.78, 5) is 13.5. The molecule has 0 atom stereocenters. The lowest BCUT2D eigenvalue weighted by molar-refractivity contribution is -0.116. The molecular weight excluding hydrogens is 416 g/mol. The molecule has 0 unspecified atom stereocenters. The first-order chi connectivity index (χ1) is 13.4. The minimum atomic E-state index is -3.77. The number of anilines is 2. The first-order valence-electron chi connectivity index (χ1n) is 8.63. The molecule has 3 aromatic rings. The van der Waals surface area contributed by atoms with Gasteiger partial charge in [-0.05, 0) is 66.8 Å². The number of carbonyl (C=O) groups excluding carboxylic acids is 1. The Kier molecular flexibility index (Phi) is 6.72. The van der Waals surface area contributed by atoms with Crippen molar-refractivity contribution in [2.75, 3.05) is 10.0 Å². The smallest absolute Gasteiger partial charge is 0.261 e. The van der Waals surface area contributed by atoms with Gasteiger partial charge in [-0.25, -0.2) is 8.42 Å². The molecule has 1 amide bonds. The van der Waals surface area contributed by atoms with Gasteiger partial charge in [0.15, 0.2) is 0 Å². The maximum absolute atomic E-state index is 12.6. The summed E-state index contributed by atoms with van der Waals surface area (Å²) in [6, 6.07) is 16.6. The molecule has 0 spiro atoms. The van der Waals surface area contributed by atoms with Crippen molar-refractivity contribution in [1.82, 2.24) is 0 Å². The maximum atomic E-state index is 12.6. The summed E-state index contributed by atoms with van der Waals surface area (Å²) in [5, 5.41) is 5.29. The van der Waals surface area contributed by atoms with Crippen LogP contribution in [0.5, 0.6) is 0 Å². The lowest BCUT2D eigenvalue weighted by atomic mass is 10.2. The normalized spacial score (nSPS) is 11.2.